The number of hydrazone groups is 1. The molecule has 0 radical (unpaired) electrons. The second kappa shape index (κ2) is 5.50. The van der Waals surface area contributed by atoms with Crippen molar-refractivity contribution < 1.29 is 0 Å². The maximum Gasteiger partial charge on any atom is 0.189 e. The van der Waals surface area contributed by atoms with Crippen molar-refractivity contribution in [2.45, 2.75) is 12.8 Å². The molecule has 0 bridgehead atoms. The van der Waals surface area contributed by atoms with Crippen molar-refractivity contribution in [3.8, 4) is 0 Å². The number of nitrogens with zero attached hydrogens (tertiary/aromatic N) is 4. The summed E-state index contributed by atoms with van der Waals surface area (Å²) in [6, 6.07) is 3.64. The van der Waals surface area contributed by atoms with Gasteiger partial charge in [-0.05, 0) is 37.2 Å². The van der Waals surface area contributed by atoms with E-state index >= 15 is 0 Å². The van der Waals surface area contributed by atoms with Gasteiger partial charge < -0.3 is 4.90 Å². The average Bonchev–Trinajstić information content (AvgIpc) is 2.84. The van der Waals surface area contributed by atoms with Gasteiger partial charge >= 0.3 is 0 Å². The Kier molecular flexibility index (Phi) is 3.76. The van der Waals surface area contributed by atoms with E-state index in [1.165, 1.54) is 12.8 Å². The van der Waals surface area contributed by atoms with Crippen molar-refractivity contribution >= 4 is 23.5 Å². The van der Waals surface area contributed by atoms with Crippen molar-refractivity contribution in [1.29, 1.82) is 0 Å². The molecule has 1 N–H and O–H groups in total. The first-order valence-corrected chi connectivity index (χ1v) is 5.63. The van der Waals surface area contributed by atoms with Crippen molar-refractivity contribution in [2.24, 2.45) is 5.10 Å². The molecule has 16 heavy (non-hydrogen) atoms. The average molecular weight is 235 g/mol. The Hall–Kier alpha value is -1.56. The molecule has 1 saturated heterocycles. The lowest BCUT2D eigenvalue weighted by atomic mass is 10.4. The van der Waals surface area contributed by atoms with E-state index in [9.17, 15) is 0 Å². The summed E-state index contributed by atoms with van der Waals surface area (Å²) in [5, 5.41) is 12.3. The third-order valence-corrected chi connectivity index (χ3v) is 2.69. The van der Waals surface area contributed by atoms with Gasteiger partial charge in [-0.2, -0.15) is 10.2 Å². The third-order valence-electron chi connectivity index (χ3n) is 2.34. The predicted octanol–water partition coefficient (Wildman–Crippen LogP) is 0.781. The number of thiocarbonyl (C=S) groups is 1. The molecule has 0 saturated carbocycles. The highest BCUT2D eigenvalue weighted by molar-refractivity contribution is 7.80. The van der Waals surface area contributed by atoms with Crippen LogP contribution < -0.4 is 5.43 Å². The van der Waals surface area contributed by atoms with Gasteiger partial charge in [0.15, 0.2) is 5.11 Å². The van der Waals surface area contributed by atoms with E-state index in [0.29, 0.717) is 10.8 Å². The molecule has 1 fully saturated rings. The summed E-state index contributed by atoms with van der Waals surface area (Å²) >= 11 is 5.19. The van der Waals surface area contributed by atoms with Crippen molar-refractivity contribution in [2.75, 3.05) is 13.1 Å². The molecule has 2 heterocycles. The van der Waals surface area contributed by atoms with Crippen LogP contribution in [0.5, 0.6) is 0 Å². The Labute approximate surface area is 99.6 Å². The predicted molar refractivity (Wildman–Crippen MR) is 66.2 cm³/mol. The molecule has 1 aliphatic rings. The van der Waals surface area contributed by atoms with Gasteiger partial charge in [0.1, 0.15) is 5.69 Å². The van der Waals surface area contributed by atoms with Gasteiger partial charge in [0.05, 0.1) is 6.21 Å². The summed E-state index contributed by atoms with van der Waals surface area (Å²) < 4.78 is 0. The van der Waals surface area contributed by atoms with E-state index in [1.807, 2.05) is 12.1 Å². The van der Waals surface area contributed by atoms with Crippen LogP contribution in [0, 0.1) is 0 Å². The zero-order chi connectivity index (χ0) is 11.2. The Morgan fingerprint density at radius 1 is 1.50 bits per heavy atom. The molecule has 2 rings (SSSR count). The van der Waals surface area contributed by atoms with Gasteiger partial charge in [0.25, 0.3) is 0 Å². The smallest absolute Gasteiger partial charge is 0.189 e. The molecule has 0 amide bonds. The molecule has 0 spiro atoms. The van der Waals surface area contributed by atoms with Crippen LogP contribution in [-0.2, 0) is 0 Å². The van der Waals surface area contributed by atoms with Gasteiger partial charge in [0, 0.05) is 19.3 Å². The van der Waals surface area contributed by atoms with Crippen LogP contribution in [0.2, 0.25) is 0 Å². The van der Waals surface area contributed by atoms with Crippen molar-refractivity contribution in [3.05, 3.63) is 24.0 Å². The molecular weight excluding hydrogens is 222 g/mol. The first-order chi connectivity index (χ1) is 7.86. The van der Waals surface area contributed by atoms with Gasteiger partial charge in [0.2, 0.25) is 0 Å². The van der Waals surface area contributed by atoms with Crippen LogP contribution >= 0.6 is 12.2 Å². The van der Waals surface area contributed by atoms with E-state index in [1.54, 1.807) is 12.4 Å². The van der Waals surface area contributed by atoms with E-state index in [-0.39, 0.29) is 0 Å². The summed E-state index contributed by atoms with van der Waals surface area (Å²) in [5.41, 5.74) is 3.54. The van der Waals surface area contributed by atoms with Crippen LogP contribution in [0.3, 0.4) is 0 Å². The fourth-order valence-corrected chi connectivity index (χ4v) is 1.76. The zero-order valence-electron chi connectivity index (χ0n) is 8.83. The maximum absolute atomic E-state index is 5.19. The molecule has 0 atom stereocenters. The van der Waals surface area contributed by atoms with Crippen LogP contribution in [0.15, 0.2) is 23.4 Å². The van der Waals surface area contributed by atoms with Crippen LogP contribution in [0.4, 0.5) is 0 Å². The van der Waals surface area contributed by atoms with E-state index in [4.69, 9.17) is 12.2 Å². The quantitative estimate of drug-likeness (QED) is 0.466. The highest BCUT2D eigenvalue weighted by Gasteiger charge is 2.13. The van der Waals surface area contributed by atoms with Crippen molar-refractivity contribution in [1.82, 2.24) is 20.5 Å². The second-order valence-corrected chi connectivity index (χ2v) is 3.90. The molecular formula is C10H13N5S. The third kappa shape index (κ3) is 2.96. The lowest BCUT2D eigenvalue weighted by Crippen LogP contribution is -2.34. The molecule has 0 aliphatic carbocycles. The maximum atomic E-state index is 5.19. The highest BCUT2D eigenvalue weighted by Crippen LogP contribution is 2.06. The molecule has 84 valence electrons. The molecule has 1 aromatic rings. The number of aromatic nitrogens is 2. The molecule has 6 heteroatoms. The van der Waals surface area contributed by atoms with Gasteiger partial charge in [-0.25, -0.2) is 0 Å². The minimum absolute atomic E-state index is 0.678. The number of nitrogens with one attached hydrogen (secondary N) is 1. The SMILES string of the molecule is S=C(N/N=C/c1cccnn1)N1CCCC1. The molecule has 0 unspecified atom stereocenters. The summed E-state index contributed by atoms with van der Waals surface area (Å²) in [4.78, 5) is 2.11. The Morgan fingerprint density at radius 3 is 3.00 bits per heavy atom. The fraction of sp³-hybridized carbons (Fsp3) is 0.400. The summed E-state index contributed by atoms with van der Waals surface area (Å²) in [6.07, 6.45) is 5.64. The van der Waals surface area contributed by atoms with Gasteiger partial charge in [-0.3, -0.25) is 5.43 Å². The number of rotatable bonds is 2. The standard InChI is InChI=1S/C10H13N5S/c16-10(15-6-1-2-7-15)14-12-8-9-4-3-5-11-13-9/h3-5,8H,1-2,6-7H2,(H,14,16)/b12-8+. The zero-order valence-corrected chi connectivity index (χ0v) is 9.65. The minimum Gasteiger partial charge on any atom is -0.348 e. The number of hydrogen-bond acceptors (Lipinski definition) is 4. The lowest BCUT2D eigenvalue weighted by Gasteiger charge is -2.16. The summed E-state index contributed by atoms with van der Waals surface area (Å²) in [6.45, 7) is 2.04. The minimum atomic E-state index is 0.678. The first kappa shape index (κ1) is 10.9. The molecule has 1 aromatic heterocycles. The van der Waals surface area contributed by atoms with E-state index in [0.717, 1.165) is 13.1 Å². The monoisotopic (exact) mass is 235 g/mol. The number of likely N-dealkylation sites (tertiary alicyclic amines) is 1. The fourth-order valence-electron chi connectivity index (χ4n) is 1.53. The topological polar surface area (TPSA) is 53.4 Å². The van der Waals surface area contributed by atoms with Crippen LogP contribution in [0.1, 0.15) is 18.5 Å². The number of hydrogen-bond donors (Lipinski definition) is 1. The molecule has 1 aliphatic heterocycles. The summed E-state index contributed by atoms with van der Waals surface area (Å²) in [7, 11) is 0. The largest absolute Gasteiger partial charge is 0.348 e. The van der Waals surface area contributed by atoms with Crippen LogP contribution in [0.25, 0.3) is 0 Å². The van der Waals surface area contributed by atoms with Crippen molar-refractivity contribution in [3.63, 3.8) is 0 Å². The normalized spacial score (nSPS) is 15.6. The van der Waals surface area contributed by atoms with Gasteiger partial charge in [-0.1, -0.05) is 0 Å². The Balaban J connectivity index is 1.82. The van der Waals surface area contributed by atoms with Gasteiger partial charge in [-0.15, -0.1) is 5.10 Å². The van der Waals surface area contributed by atoms with E-state index in [2.05, 4.69) is 25.6 Å². The Morgan fingerprint density at radius 2 is 2.31 bits per heavy atom. The second-order valence-electron chi connectivity index (χ2n) is 3.52. The van der Waals surface area contributed by atoms with Crippen LogP contribution in [-0.4, -0.2) is 39.5 Å². The Bertz CT molecular complexity index is 372. The summed E-state index contributed by atoms with van der Waals surface area (Å²) in [5.74, 6) is 0. The molecule has 5 nitrogen and oxygen atoms in total. The first-order valence-electron chi connectivity index (χ1n) is 5.22. The molecule has 0 aromatic carbocycles. The highest BCUT2D eigenvalue weighted by atomic mass is 32.1. The van der Waals surface area contributed by atoms with E-state index < -0.39 is 0 Å². The lowest BCUT2D eigenvalue weighted by molar-refractivity contribution is 0.509.